The number of aromatic nitrogens is 4. The summed E-state index contributed by atoms with van der Waals surface area (Å²) in [6.07, 6.45) is 0. The molecule has 0 bridgehead atoms. The quantitative estimate of drug-likeness (QED) is 0.177. The van der Waals surface area contributed by atoms with Crippen molar-refractivity contribution < 1.29 is 4.42 Å². The maximum absolute atomic E-state index is 6.29. The van der Waals surface area contributed by atoms with Crippen LogP contribution in [0.4, 0.5) is 0 Å². The van der Waals surface area contributed by atoms with E-state index in [1.165, 1.54) is 72.7 Å². The highest BCUT2D eigenvalue weighted by Gasteiger charge is 2.23. The normalized spacial score (nSPS) is 12.2. The smallest absolute Gasteiger partial charge is 0.166 e. The number of hydrogen-bond donors (Lipinski definition) is 0. The number of rotatable bonds is 4. The van der Waals surface area contributed by atoms with Crippen LogP contribution < -0.4 is 0 Å². The zero-order valence-electron chi connectivity index (χ0n) is 35.0. The summed E-state index contributed by atoms with van der Waals surface area (Å²) in [6, 6.07) is 69.8. The Bertz CT molecular complexity index is 4420. The molecule has 0 saturated carbocycles. The molecule has 0 aliphatic carbocycles. The fourth-order valence-corrected chi connectivity index (χ4v) is 12.5. The van der Waals surface area contributed by atoms with Gasteiger partial charge in [0.2, 0.25) is 0 Å². The molecule has 5 nitrogen and oxygen atoms in total. The minimum Gasteiger partial charge on any atom is -0.456 e. The standard InChI is InChI=1S/C59H32N4OS2/c1-3-13-35-29-49-42(25-33(35)11-1)39-15-5-8-18-48(39)63(49)50-31-46-45-26-34-12-2-4-14-36(34)30-55(45)66-56(46)32-47(50)59-61-57(37-21-23-52-43(27-37)40-16-6-9-19-51(40)64-52)60-58(62-59)38-22-24-54-44(28-38)41-17-7-10-20-53(41)65-54/h1-32H. The lowest BCUT2D eigenvalue weighted by atomic mass is 10.0. The molecule has 0 fully saturated rings. The van der Waals surface area contributed by atoms with Gasteiger partial charge in [-0.2, -0.15) is 0 Å². The van der Waals surface area contributed by atoms with Gasteiger partial charge in [-0.3, -0.25) is 0 Å². The molecule has 15 aromatic rings. The number of fused-ring (bicyclic) bond motifs is 14. The van der Waals surface area contributed by atoms with Gasteiger partial charge in [0.15, 0.2) is 17.5 Å². The van der Waals surface area contributed by atoms with Crippen molar-refractivity contribution in [1.82, 2.24) is 19.5 Å². The second kappa shape index (κ2) is 13.6. The second-order valence-corrected chi connectivity index (χ2v) is 19.3. The number of hydrogen-bond acceptors (Lipinski definition) is 6. The fraction of sp³-hybridized carbons (Fsp3) is 0. The average molecular weight is 877 g/mol. The molecule has 0 amide bonds. The zero-order valence-corrected chi connectivity index (χ0v) is 36.6. The van der Waals surface area contributed by atoms with E-state index in [1.807, 2.05) is 40.9 Å². The van der Waals surface area contributed by atoms with E-state index in [2.05, 4.69) is 180 Å². The van der Waals surface area contributed by atoms with E-state index >= 15 is 0 Å². The van der Waals surface area contributed by atoms with Crippen LogP contribution in [0.15, 0.2) is 199 Å². The minimum atomic E-state index is 0.597. The minimum absolute atomic E-state index is 0.597. The highest BCUT2D eigenvalue weighted by molar-refractivity contribution is 7.26. The summed E-state index contributed by atoms with van der Waals surface area (Å²) < 4.78 is 13.6. The summed E-state index contributed by atoms with van der Waals surface area (Å²) in [5.74, 6) is 1.82. The van der Waals surface area contributed by atoms with Crippen LogP contribution in [0.1, 0.15) is 0 Å². The fourth-order valence-electron chi connectivity index (χ4n) is 10.3. The topological polar surface area (TPSA) is 56.7 Å². The van der Waals surface area contributed by atoms with Gasteiger partial charge in [-0.25, -0.2) is 15.0 Å². The maximum Gasteiger partial charge on any atom is 0.166 e. The highest BCUT2D eigenvalue weighted by atomic mass is 32.1. The van der Waals surface area contributed by atoms with Crippen molar-refractivity contribution >= 4 is 128 Å². The first kappa shape index (κ1) is 36.1. The molecular formula is C59H32N4OS2. The van der Waals surface area contributed by atoms with Gasteiger partial charge in [-0.1, -0.05) is 103 Å². The van der Waals surface area contributed by atoms with Gasteiger partial charge in [0, 0.05) is 78.6 Å². The first-order valence-electron chi connectivity index (χ1n) is 22.1. The molecule has 5 heterocycles. The van der Waals surface area contributed by atoms with Crippen molar-refractivity contribution in [2.45, 2.75) is 0 Å². The van der Waals surface area contributed by atoms with E-state index < -0.39 is 0 Å². The number of furan rings is 1. The maximum atomic E-state index is 6.29. The largest absolute Gasteiger partial charge is 0.456 e. The highest BCUT2D eigenvalue weighted by Crippen LogP contribution is 2.45. The molecule has 10 aromatic carbocycles. The van der Waals surface area contributed by atoms with Crippen LogP contribution in [-0.4, -0.2) is 19.5 Å². The summed E-state index contributed by atoms with van der Waals surface area (Å²) in [6.45, 7) is 0. The molecule has 0 aliphatic rings. The summed E-state index contributed by atoms with van der Waals surface area (Å²) >= 11 is 3.63. The van der Waals surface area contributed by atoms with Gasteiger partial charge in [0.05, 0.1) is 16.7 Å². The van der Waals surface area contributed by atoms with E-state index in [-0.39, 0.29) is 0 Å². The average Bonchev–Trinajstić information content (AvgIpc) is 4.12. The van der Waals surface area contributed by atoms with Crippen LogP contribution in [0.3, 0.4) is 0 Å². The predicted molar refractivity (Wildman–Crippen MR) is 279 cm³/mol. The third-order valence-electron chi connectivity index (χ3n) is 13.4. The first-order chi connectivity index (χ1) is 32.6. The van der Waals surface area contributed by atoms with Crippen molar-refractivity contribution in [1.29, 1.82) is 0 Å². The summed E-state index contributed by atoms with van der Waals surface area (Å²) in [5, 5.41) is 14.2. The number of benzene rings is 10. The third-order valence-corrected chi connectivity index (χ3v) is 15.7. The van der Waals surface area contributed by atoms with E-state index in [1.54, 1.807) is 0 Å². The van der Waals surface area contributed by atoms with Crippen LogP contribution in [-0.2, 0) is 0 Å². The monoisotopic (exact) mass is 876 g/mol. The molecule has 15 rings (SSSR count). The Kier molecular flexibility index (Phi) is 7.47. The Balaban J connectivity index is 1.06. The van der Waals surface area contributed by atoms with Crippen molar-refractivity contribution in [2.24, 2.45) is 0 Å². The number of thiophene rings is 2. The Morgan fingerprint density at radius 2 is 0.879 bits per heavy atom. The van der Waals surface area contributed by atoms with E-state index in [0.717, 1.165) is 55.3 Å². The first-order valence-corrected chi connectivity index (χ1v) is 23.7. The summed E-state index contributed by atoms with van der Waals surface area (Å²) in [4.78, 5) is 16.4. The molecule has 0 N–H and O–H groups in total. The molecule has 0 unspecified atom stereocenters. The second-order valence-electron chi connectivity index (χ2n) is 17.2. The molecule has 0 radical (unpaired) electrons. The lowest BCUT2D eigenvalue weighted by molar-refractivity contribution is 0.669. The van der Waals surface area contributed by atoms with Gasteiger partial charge >= 0.3 is 0 Å². The van der Waals surface area contributed by atoms with E-state index in [4.69, 9.17) is 19.4 Å². The van der Waals surface area contributed by atoms with Crippen LogP contribution in [0, 0.1) is 0 Å². The van der Waals surface area contributed by atoms with E-state index in [9.17, 15) is 0 Å². The molecule has 0 aliphatic heterocycles. The van der Waals surface area contributed by atoms with Gasteiger partial charge in [-0.05, 0) is 113 Å². The molecule has 0 spiro atoms. The molecular weight excluding hydrogens is 845 g/mol. The Hall–Kier alpha value is -8.23. The van der Waals surface area contributed by atoms with Gasteiger partial charge in [0.1, 0.15) is 11.2 Å². The number of para-hydroxylation sites is 2. The molecule has 306 valence electrons. The Morgan fingerprint density at radius 1 is 0.333 bits per heavy atom. The zero-order chi connectivity index (χ0) is 43.0. The van der Waals surface area contributed by atoms with Crippen molar-refractivity contribution in [3.63, 3.8) is 0 Å². The number of nitrogens with zero attached hydrogens (tertiary/aromatic N) is 4. The summed E-state index contributed by atoms with van der Waals surface area (Å²) in [5.41, 5.74) is 7.69. The van der Waals surface area contributed by atoms with E-state index in [0.29, 0.717) is 17.5 Å². The molecule has 66 heavy (non-hydrogen) atoms. The summed E-state index contributed by atoms with van der Waals surface area (Å²) in [7, 11) is 0. The van der Waals surface area contributed by atoms with Crippen molar-refractivity contribution in [3.05, 3.63) is 194 Å². The molecule has 5 aromatic heterocycles. The van der Waals surface area contributed by atoms with Crippen molar-refractivity contribution in [3.8, 4) is 39.9 Å². The van der Waals surface area contributed by atoms with Gasteiger partial charge in [0.25, 0.3) is 0 Å². The lowest BCUT2D eigenvalue weighted by Crippen LogP contribution is -2.04. The predicted octanol–water partition coefficient (Wildman–Crippen LogP) is 16.9. The molecule has 7 heteroatoms. The van der Waals surface area contributed by atoms with Crippen LogP contribution in [0.2, 0.25) is 0 Å². The van der Waals surface area contributed by atoms with Crippen LogP contribution in [0.5, 0.6) is 0 Å². The Morgan fingerprint density at radius 3 is 1.70 bits per heavy atom. The van der Waals surface area contributed by atoms with Gasteiger partial charge in [-0.15, -0.1) is 22.7 Å². The SMILES string of the molecule is c1ccc2cc3c(cc2c1)sc1cc(-c2nc(-c4ccc5oc6ccccc6c5c4)nc(-c4ccc5sc6ccccc6c5c4)n2)c(-n2c4ccccc4c4cc5ccccc5cc42)cc13. The molecule has 0 atom stereocenters. The molecule has 0 saturated heterocycles. The third kappa shape index (κ3) is 5.35. The van der Waals surface area contributed by atoms with Gasteiger partial charge < -0.3 is 8.98 Å². The van der Waals surface area contributed by atoms with Crippen molar-refractivity contribution in [2.75, 3.05) is 0 Å². The van der Waals surface area contributed by atoms with Crippen LogP contribution in [0.25, 0.3) is 145 Å². The Labute approximate surface area is 384 Å². The lowest BCUT2D eigenvalue weighted by Gasteiger charge is -2.16. The van der Waals surface area contributed by atoms with Crippen LogP contribution >= 0.6 is 22.7 Å².